The summed E-state index contributed by atoms with van der Waals surface area (Å²) in [5.74, 6) is 0. The molecule has 0 saturated carbocycles. The lowest BCUT2D eigenvalue weighted by Gasteiger charge is -2.33. The van der Waals surface area contributed by atoms with E-state index in [1.165, 1.54) is 36.9 Å². The molecule has 0 saturated heterocycles. The van der Waals surface area contributed by atoms with E-state index >= 15 is 0 Å². The number of hydrogen-bond donors (Lipinski definition) is 1. The van der Waals surface area contributed by atoms with Gasteiger partial charge < -0.3 is 5.32 Å². The Labute approximate surface area is 111 Å². The van der Waals surface area contributed by atoms with E-state index in [0.717, 1.165) is 12.6 Å². The first-order valence-electron chi connectivity index (χ1n) is 7.30. The maximum Gasteiger partial charge on any atom is 0.0373 e. The van der Waals surface area contributed by atoms with Gasteiger partial charge in [0.05, 0.1) is 0 Å². The van der Waals surface area contributed by atoms with Crippen LogP contribution in [0.5, 0.6) is 0 Å². The molecule has 0 fully saturated rings. The molecular weight excluding hydrogens is 220 g/mol. The zero-order valence-electron chi connectivity index (χ0n) is 11.9. The Kier molecular flexibility index (Phi) is 4.65. The summed E-state index contributed by atoms with van der Waals surface area (Å²) in [7, 11) is 2.29. The lowest BCUT2D eigenvalue weighted by atomic mass is 10.0. The largest absolute Gasteiger partial charge is 0.383 e. The molecule has 0 radical (unpaired) electrons. The highest BCUT2D eigenvalue weighted by Crippen LogP contribution is 2.24. The Hall–Kier alpha value is -1.02. The van der Waals surface area contributed by atoms with Crippen molar-refractivity contribution in [3.8, 4) is 0 Å². The number of rotatable bonds is 4. The molecule has 1 aromatic carbocycles. The Morgan fingerprint density at radius 2 is 2.00 bits per heavy atom. The molecule has 0 amide bonds. The molecule has 1 aromatic rings. The summed E-state index contributed by atoms with van der Waals surface area (Å²) in [6.07, 6.45) is 4.95. The standard InChI is InChI=1S/C16H26N2/c1-4-14(5-2)18(3)15-11-10-13-8-6-7-9-16(13)17-12-15/h6-9,14-15,17H,4-5,10-12H2,1-3H3. The fourth-order valence-electron chi connectivity index (χ4n) is 3.07. The quantitative estimate of drug-likeness (QED) is 0.874. The number of hydrogen-bond acceptors (Lipinski definition) is 2. The summed E-state index contributed by atoms with van der Waals surface area (Å²) in [6, 6.07) is 10.1. The fraction of sp³-hybridized carbons (Fsp3) is 0.625. The molecule has 1 aliphatic rings. The summed E-state index contributed by atoms with van der Waals surface area (Å²) in [4.78, 5) is 2.58. The molecule has 0 aromatic heterocycles. The zero-order valence-corrected chi connectivity index (χ0v) is 11.9. The molecule has 1 unspecified atom stereocenters. The van der Waals surface area contributed by atoms with Crippen LogP contribution in [0.3, 0.4) is 0 Å². The molecule has 1 heterocycles. The minimum atomic E-state index is 0.655. The van der Waals surface area contributed by atoms with Crippen molar-refractivity contribution in [2.75, 3.05) is 18.9 Å². The van der Waals surface area contributed by atoms with Crippen LogP contribution in [0.2, 0.25) is 0 Å². The van der Waals surface area contributed by atoms with Gasteiger partial charge in [-0.05, 0) is 44.4 Å². The average Bonchev–Trinajstić information content (AvgIpc) is 2.62. The Morgan fingerprint density at radius 1 is 1.28 bits per heavy atom. The third-order valence-electron chi connectivity index (χ3n) is 4.39. The molecular formula is C16H26N2. The second-order valence-corrected chi connectivity index (χ2v) is 5.37. The van der Waals surface area contributed by atoms with Gasteiger partial charge in [0.15, 0.2) is 0 Å². The van der Waals surface area contributed by atoms with E-state index in [2.05, 4.69) is 55.4 Å². The van der Waals surface area contributed by atoms with Crippen LogP contribution in [0.25, 0.3) is 0 Å². The Bertz CT molecular complexity index is 344. The van der Waals surface area contributed by atoms with Crippen molar-refractivity contribution in [3.63, 3.8) is 0 Å². The fourth-order valence-corrected chi connectivity index (χ4v) is 3.07. The number of anilines is 1. The molecule has 2 heteroatoms. The summed E-state index contributed by atoms with van der Waals surface area (Å²) in [6.45, 7) is 5.66. The van der Waals surface area contributed by atoms with Gasteiger partial charge >= 0.3 is 0 Å². The maximum atomic E-state index is 3.62. The highest BCUT2D eigenvalue weighted by Gasteiger charge is 2.22. The molecule has 18 heavy (non-hydrogen) atoms. The number of nitrogens with zero attached hydrogens (tertiary/aromatic N) is 1. The van der Waals surface area contributed by atoms with Gasteiger partial charge in [0.2, 0.25) is 0 Å². The van der Waals surface area contributed by atoms with Gasteiger partial charge in [-0.1, -0.05) is 32.0 Å². The van der Waals surface area contributed by atoms with E-state index in [-0.39, 0.29) is 0 Å². The number of nitrogens with one attached hydrogen (secondary N) is 1. The predicted molar refractivity (Wildman–Crippen MR) is 79.2 cm³/mol. The molecule has 100 valence electrons. The molecule has 1 N–H and O–H groups in total. The zero-order chi connectivity index (χ0) is 13.0. The second kappa shape index (κ2) is 6.24. The van der Waals surface area contributed by atoms with Gasteiger partial charge in [0.1, 0.15) is 0 Å². The van der Waals surface area contributed by atoms with Crippen LogP contribution < -0.4 is 5.32 Å². The van der Waals surface area contributed by atoms with Crippen molar-refractivity contribution < 1.29 is 0 Å². The van der Waals surface area contributed by atoms with Crippen LogP contribution in [0, 0.1) is 0 Å². The molecule has 1 aliphatic heterocycles. The number of benzene rings is 1. The second-order valence-electron chi connectivity index (χ2n) is 5.37. The first-order chi connectivity index (χ1) is 8.76. The summed E-state index contributed by atoms with van der Waals surface area (Å²) in [5, 5.41) is 3.62. The highest BCUT2D eigenvalue weighted by atomic mass is 15.2. The number of aryl methyl sites for hydroxylation is 1. The Morgan fingerprint density at radius 3 is 2.72 bits per heavy atom. The lowest BCUT2D eigenvalue weighted by molar-refractivity contribution is 0.163. The minimum absolute atomic E-state index is 0.655. The maximum absolute atomic E-state index is 3.62. The van der Waals surface area contributed by atoms with Crippen LogP contribution in [-0.2, 0) is 6.42 Å². The third-order valence-corrected chi connectivity index (χ3v) is 4.39. The van der Waals surface area contributed by atoms with Crippen LogP contribution >= 0.6 is 0 Å². The van der Waals surface area contributed by atoms with E-state index in [0.29, 0.717) is 6.04 Å². The van der Waals surface area contributed by atoms with Gasteiger partial charge in [0.25, 0.3) is 0 Å². The van der Waals surface area contributed by atoms with E-state index < -0.39 is 0 Å². The van der Waals surface area contributed by atoms with Gasteiger partial charge in [-0.2, -0.15) is 0 Å². The molecule has 0 bridgehead atoms. The molecule has 0 spiro atoms. The number of fused-ring (bicyclic) bond motifs is 1. The SMILES string of the molecule is CCC(CC)N(C)C1CCc2ccccc2NC1. The van der Waals surface area contributed by atoms with Crippen molar-refractivity contribution in [2.45, 2.75) is 51.6 Å². The summed E-state index contributed by atoms with van der Waals surface area (Å²) in [5.41, 5.74) is 2.80. The smallest absolute Gasteiger partial charge is 0.0373 e. The Balaban J connectivity index is 2.03. The summed E-state index contributed by atoms with van der Waals surface area (Å²) >= 11 is 0. The normalized spacial score (nSPS) is 19.5. The van der Waals surface area contributed by atoms with Crippen molar-refractivity contribution >= 4 is 5.69 Å². The number of para-hydroxylation sites is 1. The lowest BCUT2D eigenvalue weighted by Crippen LogP contribution is -2.43. The molecule has 2 rings (SSSR count). The van der Waals surface area contributed by atoms with Crippen LogP contribution in [-0.4, -0.2) is 30.6 Å². The highest BCUT2D eigenvalue weighted by molar-refractivity contribution is 5.52. The minimum Gasteiger partial charge on any atom is -0.383 e. The van der Waals surface area contributed by atoms with Gasteiger partial charge in [0, 0.05) is 24.3 Å². The van der Waals surface area contributed by atoms with Crippen molar-refractivity contribution in [1.29, 1.82) is 0 Å². The van der Waals surface area contributed by atoms with Gasteiger partial charge in [-0.15, -0.1) is 0 Å². The topological polar surface area (TPSA) is 15.3 Å². The first-order valence-corrected chi connectivity index (χ1v) is 7.30. The predicted octanol–water partition coefficient (Wildman–Crippen LogP) is 3.53. The van der Waals surface area contributed by atoms with Crippen molar-refractivity contribution in [2.24, 2.45) is 0 Å². The van der Waals surface area contributed by atoms with Gasteiger partial charge in [-0.25, -0.2) is 0 Å². The third kappa shape index (κ3) is 2.86. The van der Waals surface area contributed by atoms with Crippen molar-refractivity contribution in [3.05, 3.63) is 29.8 Å². The van der Waals surface area contributed by atoms with Crippen LogP contribution in [0.15, 0.2) is 24.3 Å². The van der Waals surface area contributed by atoms with Crippen LogP contribution in [0.4, 0.5) is 5.69 Å². The average molecular weight is 246 g/mol. The molecule has 1 atom stereocenters. The van der Waals surface area contributed by atoms with Crippen molar-refractivity contribution in [1.82, 2.24) is 4.90 Å². The number of likely N-dealkylation sites (N-methyl/N-ethyl adjacent to an activating group) is 1. The van der Waals surface area contributed by atoms with Gasteiger partial charge in [-0.3, -0.25) is 4.90 Å². The van der Waals surface area contributed by atoms with E-state index in [9.17, 15) is 0 Å². The molecule has 0 aliphatic carbocycles. The van der Waals surface area contributed by atoms with Crippen LogP contribution in [0.1, 0.15) is 38.7 Å². The van der Waals surface area contributed by atoms with E-state index in [1.54, 1.807) is 0 Å². The van der Waals surface area contributed by atoms with E-state index in [4.69, 9.17) is 0 Å². The van der Waals surface area contributed by atoms with E-state index in [1.807, 2.05) is 0 Å². The molecule has 2 nitrogen and oxygen atoms in total. The monoisotopic (exact) mass is 246 g/mol. The summed E-state index contributed by atoms with van der Waals surface area (Å²) < 4.78 is 0. The first kappa shape index (κ1) is 13.4.